The first-order valence-corrected chi connectivity index (χ1v) is 5.71. The molecule has 0 aliphatic carbocycles. The molecule has 0 radical (unpaired) electrons. The molecule has 88 valence electrons. The van der Waals surface area contributed by atoms with Crippen LogP contribution in [0.3, 0.4) is 0 Å². The highest BCUT2D eigenvalue weighted by atomic mass is 15.1. The Morgan fingerprint density at radius 2 is 1.88 bits per heavy atom. The summed E-state index contributed by atoms with van der Waals surface area (Å²) in [6.07, 6.45) is 1.62. The number of hydrogen-bond acceptors (Lipinski definition) is 3. The number of aryl methyl sites for hydroxylation is 2. The van der Waals surface area contributed by atoms with Crippen molar-refractivity contribution < 1.29 is 0 Å². The van der Waals surface area contributed by atoms with Crippen LogP contribution in [0.15, 0.2) is 36.7 Å². The van der Waals surface area contributed by atoms with E-state index in [0.29, 0.717) is 0 Å². The fourth-order valence-electron chi connectivity index (χ4n) is 1.92. The minimum absolute atomic E-state index is 0.800. The van der Waals surface area contributed by atoms with Gasteiger partial charge in [-0.1, -0.05) is 18.2 Å². The first-order valence-electron chi connectivity index (χ1n) is 5.71. The second kappa shape index (κ2) is 4.95. The molecule has 3 nitrogen and oxygen atoms in total. The average Bonchev–Trinajstić information content (AvgIpc) is 2.29. The lowest BCUT2D eigenvalue weighted by Crippen LogP contribution is -2.18. The van der Waals surface area contributed by atoms with Crippen LogP contribution in [0.5, 0.6) is 0 Å². The van der Waals surface area contributed by atoms with Gasteiger partial charge in [-0.2, -0.15) is 0 Å². The zero-order chi connectivity index (χ0) is 12.3. The van der Waals surface area contributed by atoms with E-state index in [0.717, 1.165) is 17.9 Å². The Labute approximate surface area is 102 Å². The van der Waals surface area contributed by atoms with Gasteiger partial charge in [0.1, 0.15) is 6.33 Å². The van der Waals surface area contributed by atoms with Gasteiger partial charge in [0.25, 0.3) is 0 Å². The van der Waals surface area contributed by atoms with E-state index in [1.165, 1.54) is 11.3 Å². The third-order valence-corrected chi connectivity index (χ3v) is 2.79. The van der Waals surface area contributed by atoms with E-state index in [1.54, 1.807) is 6.33 Å². The Balaban J connectivity index is 2.17. The second-order valence-corrected chi connectivity index (χ2v) is 4.29. The van der Waals surface area contributed by atoms with Crippen molar-refractivity contribution in [1.82, 2.24) is 9.97 Å². The third kappa shape index (κ3) is 2.81. The minimum atomic E-state index is 0.800. The highest BCUT2D eigenvalue weighted by Gasteiger charge is 2.05. The highest BCUT2D eigenvalue weighted by molar-refractivity contribution is 5.52. The third-order valence-electron chi connectivity index (χ3n) is 2.79. The lowest BCUT2D eigenvalue weighted by Gasteiger charge is -2.20. The summed E-state index contributed by atoms with van der Waals surface area (Å²) in [4.78, 5) is 10.6. The molecular weight excluding hydrogens is 210 g/mol. The Morgan fingerprint density at radius 1 is 1.12 bits per heavy atom. The molecule has 0 amide bonds. The fraction of sp³-hybridized carbons (Fsp3) is 0.286. The molecule has 0 saturated carbocycles. The quantitative estimate of drug-likeness (QED) is 0.807. The molecule has 1 aromatic carbocycles. The molecule has 1 aromatic heterocycles. The number of anilines is 1. The standard InChI is InChI=1S/C14H17N3/c1-11-6-4-5-7-14(11)17(3)9-13-8-12(2)15-10-16-13/h4-8,10H,9H2,1-3H3. The van der Waals surface area contributed by atoms with Crippen molar-refractivity contribution in [3.05, 3.63) is 53.6 Å². The Hall–Kier alpha value is -1.90. The Kier molecular flexibility index (Phi) is 3.38. The number of benzene rings is 1. The van der Waals surface area contributed by atoms with E-state index in [2.05, 4.69) is 53.1 Å². The molecule has 2 aromatic rings. The van der Waals surface area contributed by atoms with Gasteiger partial charge < -0.3 is 4.90 Å². The van der Waals surface area contributed by atoms with Gasteiger partial charge in [-0.05, 0) is 31.5 Å². The summed E-state index contributed by atoms with van der Waals surface area (Å²) in [5.41, 5.74) is 4.57. The van der Waals surface area contributed by atoms with Crippen LogP contribution in [0, 0.1) is 13.8 Å². The van der Waals surface area contributed by atoms with Crippen molar-refractivity contribution in [2.45, 2.75) is 20.4 Å². The van der Waals surface area contributed by atoms with Crippen molar-refractivity contribution in [2.75, 3.05) is 11.9 Å². The SMILES string of the molecule is Cc1cc(CN(C)c2ccccc2C)ncn1. The Morgan fingerprint density at radius 3 is 2.59 bits per heavy atom. The van der Waals surface area contributed by atoms with E-state index in [9.17, 15) is 0 Å². The summed E-state index contributed by atoms with van der Waals surface area (Å²) in [7, 11) is 2.08. The molecule has 17 heavy (non-hydrogen) atoms. The average molecular weight is 227 g/mol. The van der Waals surface area contributed by atoms with Crippen LogP contribution < -0.4 is 4.90 Å². The lowest BCUT2D eigenvalue weighted by atomic mass is 10.2. The first kappa shape index (κ1) is 11.6. The molecule has 0 aliphatic heterocycles. The van der Waals surface area contributed by atoms with E-state index >= 15 is 0 Å². The molecular formula is C14H17N3. The van der Waals surface area contributed by atoms with Crippen molar-refractivity contribution in [2.24, 2.45) is 0 Å². The number of rotatable bonds is 3. The largest absolute Gasteiger partial charge is 0.368 e. The van der Waals surface area contributed by atoms with Crippen LogP contribution in [0.25, 0.3) is 0 Å². The molecule has 0 fully saturated rings. The molecule has 0 saturated heterocycles. The van der Waals surface area contributed by atoms with Gasteiger partial charge in [0.15, 0.2) is 0 Å². The monoisotopic (exact) mass is 227 g/mol. The summed E-state index contributed by atoms with van der Waals surface area (Å²) in [5.74, 6) is 0. The van der Waals surface area contributed by atoms with Gasteiger partial charge in [-0.3, -0.25) is 0 Å². The minimum Gasteiger partial charge on any atom is -0.368 e. The molecule has 0 atom stereocenters. The first-order chi connectivity index (χ1) is 8.16. The maximum absolute atomic E-state index is 4.28. The molecule has 2 rings (SSSR count). The lowest BCUT2D eigenvalue weighted by molar-refractivity contribution is 0.865. The molecule has 0 spiro atoms. The zero-order valence-corrected chi connectivity index (χ0v) is 10.5. The van der Waals surface area contributed by atoms with Crippen LogP contribution in [-0.2, 0) is 6.54 Å². The van der Waals surface area contributed by atoms with Crippen molar-refractivity contribution in [3.63, 3.8) is 0 Å². The predicted octanol–water partition coefficient (Wildman–Crippen LogP) is 2.73. The summed E-state index contributed by atoms with van der Waals surface area (Å²) < 4.78 is 0. The number of hydrogen-bond donors (Lipinski definition) is 0. The molecule has 3 heteroatoms. The number of para-hydroxylation sites is 1. The topological polar surface area (TPSA) is 29.0 Å². The van der Waals surface area contributed by atoms with Crippen LogP contribution >= 0.6 is 0 Å². The summed E-state index contributed by atoms with van der Waals surface area (Å²) in [5, 5.41) is 0. The van der Waals surface area contributed by atoms with E-state index in [-0.39, 0.29) is 0 Å². The van der Waals surface area contributed by atoms with Gasteiger partial charge in [0.2, 0.25) is 0 Å². The van der Waals surface area contributed by atoms with E-state index in [4.69, 9.17) is 0 Å². The predicted molar refractivity (Wildman–Crippen MR) is 70.1 cm³/mol. The van der Waals surface area contributed by atoms with Crippen LogP contribution in [-0.4, -0.2) is 17.0 Å². The number of aromatic nitrogens is 2. The summed E-state index contributed by atoms with van der Waals surface area (Å²) in [6, 6.07) is 10.4. The second-order valence-electron chi connectivity index (χ2n) is 4.29. The van der Waals surface area contributed by atoms with E-state index < -0.39 is 0 Å². The molecule has 0 bridgehead atoms. The van der Waals surface area contributed by atoms with Crippen molar-refractivity contribution in [1.29, 1.82) is 0 Å². The van der Waals surface area contributed by atoms with Gasteiger partial charge in [0.05, 0.1) is 12.2 Å². The fourth-order valence-corrected chi connectivity index (χ4v) is 1.92. The Bertz CT molecular complexity index is 508. The maximum atomic E-state index is 4.28. The van der Waals surface area contributed by atoms with Crippen LogP contribution in [0.1, 0.15) is 17.0 Å². The molecule has 0 aliphatic rings. The number of nitrogens with zero attached hydrogens (tertiary/aromatic N) is 3. The van der Waals surface area contributed by atoms with Crippen molar-refractivity contribution in [3.8, 4) is 0 Å². The van der Waals surface area contributed by atoms with E-state index in [1.807, 2.05) is 13.0 Å². The molecule has 0 N–H and O–H groups in total. The zero-order valence-electron chi connectivity index (χ0n) is 10.5. The van der Waals surface area contributed by atoms with Gasteiger partial charge in [-0.15, -0.1) is 0 Å². The summed E-state index contributed by atoms with van der Waals surface area (Å²) in [6.45, 7) is 4.91. The normalized spacial score (nSPS) is 10.3. The molecule has 1 heterocycles. The highest BCUT2D eigenvalue weighted by Crippen LogP contribution is 2.19. The van der Waals surface area contributed by atoms with Gasteiger partial charge in [0, 0.05) is 18.4 Å². The van der Waals surface area contributed by atoms with Crippen LogP contribution in [0.2, 0.25) is 0 Å². The molecule has 0 unspecified atom stereocenters. The van der Waals surface area contributed by atoms with Gasteiger partial charge in [-0.25, -0.2) is 9.97 Å². The van der Waals surface area contributed by atoms with Crippen LogP contribution in [0.4, 0.5) is 5.69 Å². The van der Waals surface area contributed by atoms with Gasteiger partial charge >= 0.3 is 0 Å². The smallest absolute Gasteiger partial charge is 0.115 e. The van der Waals surface area contributed by atoms with Crippen molar-refractivity contribution >= 4 is 5.69 Å². The summed E-state index contributed by atoms with van der Waals surface area (Å²) >= 11 is 0. The maximum Gasteiger partial charge on any atom is 0.115 e.